The van der Waals surface area contributed by atoms with Crippen LogP contribution in [0.4, 0.5) is 65.9 Å². The first-order valence-corrected chi connectivity index (χ1v) is 12.7. The van der Waals surface area contributed by atoms with Crippen molar-refractivity contribution in [1.29, 1.82) is 0 Å². The monoisotopic (exact) mass is 692 g/mol. The summed E-state index contributed by atoms with van der Waals surface area (Å²) in [5.74, 6) is -48.9. The maximum atomic E-state index is 14.6. The molecule has 16 heteroatoms. The van der Waals surface area contributed by atoms with Gasteiger partial charge in [0.05, 0.1) is 0 Å². The van der Waals surface area contributed by atoms with Crippen LogP contribution in [-0.4, -0.2) is 45.6 Å². The number of rotatable bonds is 17. The van der Waals surface area contributed by atoms with Crippen LogP contribution in [0.15, 0.2) is 0 Å². The molecule has 2 unspecified atom stereocenters. The molecule has 0 aromatic rings. The van der Waals surface area contributed by atoms with Gasteiger partial charge < -0.3 is 0 Å². The van der Waals surface area contributed by atoms with Crippen LogP contribution >= 0.6 is 22.6 Å². The van der Waals surface area contributed by atoms with Crippen LogP contribution in [-0.2, 0) is 0 Å². The Morgan fingerprint density at radius 2 is 0.838 bits per heavy atom. The van der Waals surface area contributed by atoms with Gasteiger partial charge in [-0.2, -0.15) is 65.9 Å². The third-order valence-corrected chi connectivity index (χ3v) is 7.52. The summed E-state index contributed by atoms with van der Waals surface area (Å²) in [4.78, 5) is 0. The van der Waals surface area contributed by atoms with Crippen molar-refractivity contribution in [1.82, 2.24) is 0 Å². The number of halogens is 16. The molecular formula is C21H28F15I. The zero-order valence-corrected chi connectivity index (χ0v) is 21.9. The fourth-order valence-electron chi connectivity index (χ4n) is 3.63. The lowest BCUT2D eigenvalue weighted by Gasteiger charge is -2.43. The summed E-state index contributed by atoms with van der Waals surface area (Å²) in [6, 6.07) is 0. The first kappa shape index (κ1) is 36.7. The van der Waals surface area contributed by atoms with Gasteiger partial charge in [0.1, 0.15) is 0 Å². The molecule has 37 heavy (non-hydrogen) atoms. The molecule has 0 nitrogen and oxygen atoms in total. The Morgan fingerprint density at radius 3 is 1.22 bits per heavy atom. The molecule has 0 heterocycles. The molecule has 0 saturated heterocycles. The van der Waals surface area contributed by atoms with Crippen molar-refractivity contribution in [3.05, 3.63) is 0 Å². The molecule has 0 spiro atoms. The second-order valence-corrected chi connectivity index (χ2v) is 10.4. The number of unbranched alkanes of at least 4 members (excludes halogenated alkanes) is 7. The summed E-state index contributed by atoms with van der Waals surface area (Å²) in [7, 11) is 0. The minimum absolute atomic E-state index is 0.141. The van der Waals surface area contributed by atoms with Crippen LogP contribution < -0.4 is 0 Å². The summed E-state index contributed by atoms with van der Waals surface area (Å²) in [5.41, 5.74) is 0. The van der Waals surface area contributed by atoms with Gasteiger partial charge in [-0.3, -0.25) is 0 Å². The quantitative estimate of drug-likeness (QED) is 0.0616. The average Bonchev–Trinajstić information content (AvgIpc) is 2.74. The molecule has 2 atom stereocenters. The third kappa shape index (κ3) is 7.07. The van der Waals surface area contributed by atoms with Crippen LogP contribution in [0.25, 0.3) is 0 Å². The van der Waals surface area contributed by atoms with E-state index in [9.17, 15) is 65.9 Å². The Balaban J connectivity index is 5.85. The Morgan fingerprint density at radius 1 is 0.486 bits per heavy atom. The molecule has 0 amide bonds. The second kappa shape index (κ2) is 12.9. The smallest absolute Gasteiger partial charge is 0.199 e. The van der Waals surface area contributed by atoms with E-state index in [0.717, 1.165) is 39.0 Å². The van der Waals surface area contributed by atoms with Crippen LogP contribution in [0.2, 0.25) is 0 Å². The third-order valence-electron chi connectivity index (χ3n) is 6.03. The second-order valence-electron chi connectivity index (χ2n) is 8.79. The minimum Gasteiger partial charge on any atom is -0.199 e. The van der Waals surface area contributed by atoms with Crippen molar-refractivity contribution in [2.75, 3.05) is 0 Å². The Kier molecular flexibility index (Phi) is 12.8. The van der Waals surface area contributed by atoms with E-state index in [2.05, 4.69) is 0 Å². The van der Waals surface area contributed by atoms with Crippen molar-refractivity contribution < 1.29 is 65.9 Å². The van der Waals surface area contributed by atoms with Crippen LogP contribution in [0.3, 0.4) is 0 Å². The lowest BCUT2D eigenvalue weighted by molar-refractivity contribution is -0.454. The Bertz CT molecular complexity index is 688. The van der Waals surface area contributed by atoms with E-state index in [-0.39, 0.29) is 12.8 Å². The molecule has 0 radical (unpaired) electrons. The van der Waals surface area contributed by atoms with Gasteiger partial charge in [0.2, 0.25) is 0 Å². The molecule has 0 aliphatic carbocycles. The maximum absolute atomic E-state index is 14.6. The summed E-state index contributed by atoms with van der Waals surface area (Å²) in [5, 5.41) is 0. The summed E-state index contributed by atoms with van der Waals surface area (Å²) >= 11 is 1.17. The molecule has 0 aromatic heterocycles. The largest absolute Gasteiger partial charge is 0.460 e. The molecule has 0 fully saturated rings. The average molecular weight is 692 g/mol. The van der Waals surface area contributed by atoms with Crippen molar-refractivity contribution in [2.24, 2.45) is 5.92 Å². The first-order chi connectivity index (χ1) is 16.4. The van der Waals surface area contributed by atoms with E-state index in [4.69, 9.17) is 0 Å². The first-order valence-electron chi connectivity index (χ1n) is 11.4. The van der Waals surface area contributed by atoms with E-state index >= 15 is 0 Å². The molecule has 0 aromatic carbocycles. The molecule has 0 rings (SSSR count). The highest BCUT2D eigenvalue weighted by Gasteiger charge is 2.93. The molecule has 0 N–H and O–H groups in total. The molecular weight excluding hydrogens is 664 g/mol. The number of alkyl halides is 16. The van der Waals surface area contributed by atoms with Crippen molar-refractivity contribution in [3.8, 4) is 0 Å². The predicted molar refractivity (Wildman–Crippen MR) is 115 cm³/mol. The zero-order chi connectivity index (χ0) is 29.7. The van der Waals surface area contributed by atoms with E-state index in [1.807, 2.05) is 6.92 Å². The van der Waals surface area contributed by atoms with Gasteiger partial charge >= 0.3 is 41.7 Å². The lowest BCUT2D eigenvalue weighted by atomic mass is 9.82. The van der Waals surface area contributed by atoms with Gasteiger partial charge in [0.15, 0.2) is 0 Å². The molecule has 0 saturated carbocycles. The fourth-order valence-corrected chi connectivity index (χ4v) is 5.03. The Labute approximate surface area is 218 Å². The van der Waals surface area contributed by atoms with Crippen molar-refractivity contribution in [3.63, 3.8) is 0 Å². The van der Waals surface area contributed by atoms with E-state index in [1.165, 1.54) is 22.6 Å². The van der Waals surface area contributed by atoms with Gasteiger partial charge in [-0.1, -0.05) is 87.8 Å². The van der Waals surface area contributed by atoms with Crippen molar-refractivity contribution in [2.45, 2.75) is 124 Å². The van der Waals surface area contributed by atoms with E-state index in [1.54, 1.807) is 0 Å². The Hall–Kier alpha value is -0.320. The van der Waals surface area contributed by atoms with Gasteiger partial charge in [0.25, 0.3) is 0 Å². The van der Waals surface area contributed by atoms with Gasteiger partial charge in [0, 0.05) is 9.84 Å². The highest BCUT2D eigenvalue weighted by molar-refractivity contribution is 14.1. The number of hydrogen-bond acceptors (Lipinski definition) is 0. The zero-order valence-electron chi connectivity index (χ0n) is 19.8. The summed E-state index contributed by atoms with van der Waals surface area (Å²) in [6.07, 6.45) is -3.14. The predicted octanol–water partition coefficient (Wildman–Crippen LogP) is 10.7. The molecule has 0 aliphatic rings. The maximum Gasteiger partial charge on any atom is 0.460 e. The topological polar surface area (TPSA) is 0 Å². The SMILES string of the molecule is CCCCCCCCCCC(I)C(CC)C(F)(F)C(F)(F)C(F)(F)C(F)(F)C(F)(F)C(F)(F)C(F)(F)F. The normalized spacial score (nSPS) is 16.7. The fraction of sp³-hybridized carbons (Fsp3) is 1.00. The lowest BCUT2D eigenvalue weighted by Crippen LogP contribution is -2.73. The van der Waals surface area contributed by atoms with Crippen LogP contribution in [0.1, 0.15) is 78.1 Å². The van der Waals surface area contributed by atoms with Crippen LogP contribution in [0, 0.1) is 5.92 Å². The number of hydrogen-bond donors (Lipinski definition) is 0. The molecule has 0 aliphatic heterocycles. The van der Waals surface area contributed by atoms with Gasteiger partial charge in [-0.05, 0) is 12.8 Å². The highest BCUT2D eigenvalue weighted by Crippen LogP contribution is 2.63. The van der Waals surface area contributed by atoms with E-state index in [0.29, 0.717) is 12.8 Å². The summed E-state index contributed by atoms with van der Waals surface area (Å²) < 4.78 is 201. The summed E-state index contributed by atoms with van der Waals surface area (Å²) in [6.45, 7) is 2.78. The van der Waals surface area contributed by atoms with Crippen molar-refractivity contribution >= 4 is 22.6 Å². The minimum atomic E-state index is -8.23. The highest BCUT2D eigenvalue weighted by atomic mass is 127. The standard InChI is InChI=1S/C21H28F15I/c1-3-5-6-7-8-9-10-11-12-14(37)13(4-2)15(22,23)16(24,25)17(26,27)18(28,29)19(30,31)20(32,33)21(34,35)36/h13-14H,3-12H2,1-2H3. The van der Waals surface area contributed by atoms with Gasteiger partial charge in [-0.25, -0.2) is 0 Å². The van der Waals surface area contributed by atoms with E-state index < -0.39 is 58.0 Å². The molecule has 224 valence electrons. The van der Waals surface area contributed by atoms with Crippen LogP contribution in [0.5, 0.6) is 0 Å². The molecule has 0 bridgehead atoms. The van der Waals surface area contributed by atoms with Gasteiger partial charge in [-0.15, -0.1) is 0 Å².